The van der Waals surface area contributed by atoms with Gasteiger partial charge >= 0.3 is 0 Å². The van der Waals surface area contributed by atoms with E-state index in [1.807, 2.05) is 11.8 Å². The maximum absolute atomic E-state index is 3.62. The van der Waals surface area contributed by atoms with E-state index in [0.29, 0.717) is 5.41 Å². The Hall–Kier alpha value is 0.310. The molecule has 2 bridgehead atoms. The van der Waals surface area contributed by atoms with E-state index in [1.54, 1.807) is 6.42 Å². The first-order valence-electron chi connectivity index (χ1n) is 6.50. The lowest BCUT2D eigenvalue weighted by Gasteiger charge is -2.38. The number of thioether (sulfide) groups is 1. The van der Waals surface area contributed by atoms with Gasteiger partial charge in [-0.1, -0.05) is 13.3 Å². The maximum Gasteiger partial charge on any atom is 0.00107 e. The minimum atomic E-state index is 0.682. The van der Waals surface area contributed by atoms with E-state index >= 15 is 0 Å². The lowest BCUT2D eigenvalue weighted by atomic mass is 9.71. The van der Waals surface area contributed by atoms with E-state index in [0.717, 1.165) is 18.4 Å². The Balaban J connectivity index is 1.96. The third-order valence-electron chi connectivity index (χ3n) is 4.63. The highest BCUT2D eigenvalue weighted by Gasteiger charge is 2.49. The maximum atomic E-state index is 3.62. The molecule has 0 aromatic rings. The minimum Gasteiger partial charge on any atom is -0.316 e. The first kappa shape index (κ1) is 11.8. The summed E-state index contributed by atoms with van der Waals surface area (Å²) < 4.78 is 0. The van der Waals surface area contributed by atoms with Gasteiger partial charge in [0.1, 0.15) is 0 Å². The van der Waals surface area contributed by atoms with Crippen molar-refractivity contribution in [2.24, 2.45) is 17.3 Å². The second-order valence-corrected chi connectivity index (χ2v) is 6.45. The second kappa shape index (κ2) is 5.09. The molecule has 0 amide bonds. The van der Waals surface area contributed by atoms with Crippen LogP contribution >= 0.6 is 11.8 Å². The number of rotatable bonds is 6. The van der Waals surface area contributed by atoms with Crippen LogP contribution in [0, 0.1) is 17.3 Å². The van der Waals surface area contributed by atoms with Crippen molar-refractivity contribution in [3.63, 3.8) is 0 Å². The molecule has 15 heavy (non-hydrogen) atoms. The Morgan fingerprint density at radius 2 is 2.27 bits per heavy atom. The lowest BCUT2D eigenvalue weighted by molar-refractivity contribution is 0.153. The van der Waals surface area contributed by atoms with Crippen LogP contribution in [0.5, 0.6) is 0 Å². The molecule has 0 radical (unpaired) electrons. The van der Waals surface area contributed by atoms with E-state index in [4.69, 9.17) is 0 Å². The van der Waals surface area contributed by atoms with E-state index in [2.05, 4.69) is 18.5 Å². The zero-order chi connectivity index (χ0) is 10.7. The zero-order valence-electron chi connectivity index (χ0n) is 10.2. The summed E-state index contributed by atoms with van der Waals surface area (Å²) in [6, 6.07) is 0. The number of fused-ring (bicyclic) bond motifs is 2. The molecule has 88 valence electrons. The number of hydrogen-bond acceptors (Lipinski definition) is 2. The highest BCUT2D eigenvalue weighted by atomic mass is 32.2. The average molecular weight is 227 g/mol. The van der Waals surface area contributed by atoms with Crippen LogP contribution in [0.25, 0.3) is 0 Å². The van der Waals surface area contributed by atoms with Crippen molar-refractivity contribution >= 4 is 11.8 Å². The molecule has 0 heterocycles. The predicted octanol–water partition coefficient (Wildman–Crippen LogP) is 3.16. The summed E-state index contributed by atoms with van der Waals surface area (Å²) in [5, 5.41) is 3.62. The monoisotopic (exact) mass is 227 g/mol. The molecule has 3 unspecified atom stereocenters. The Labute approximate surface area is 98.8 Å². The van der Waals surface area contributed by atoms with Gasteiger partial charge in [0.05, 0.1) is 0 Å². The molecule has 0 aromatic heterocycles. The average Bonchev–Trinajstić information content (AvgIpc) is 2.84. The third kappa shape index (κ3) is 2.36. The summed E-state index contributed by atoms with van der Waals surface area (Å²) in [5.41, 5.74) is 0.682. The highest BCUT2D eigenvalue weighted by Crippen LogP contribution is 2.57. The Bertz CT molecular complexity index is 197. The van der Waals surface area contributed by atoms with Gasteiger partial charge in [0.2, 0.25) is 0 Å². The SMILES string of the molecule is CCNCC1(CCSC)CC2CCC1C2. The third-order valence-corrected chi connectivity index (χ3v) is 5.25. The van der Waals surface area contributed by atoms with Crippen molar-refractivity contribution in [3.05, 3.63) is 0 Å². The zero-order valence-corrected chi connectivity index (χ0v) is 11.0. The molecule has 2 aliphatic rings. The molecule has 0 aromatic carbocycles. The summed E-state index contributed by atoms with van der Waals surface area (Å²) in [6.07, 6.45) is 9.80. The number of hydrogen-bond donors (Lipinski definition) is 1. The molecule has 3 atom stereocenters. The topological polar surface area (TPSA) is 12.0 Å². The summed E-state index contributed by atoms with van der Waals surface area (Å²) >= 11 is 2.02. The summed E-state index contributed by atoms with van der Waals surface area (Å²) in [5.74, 6) is 3.48. The smallest absolute Gasteiger partial charge is 0.00107 e. The fourth-order valence-corrected chi connectivity index (χ4v) is 4.46. The second-order valence-electron chi connectivity index (χ2n) is 5.47. The molecule has 2 aliphatic carbocycles. The van der Waals surface area contributed by atoms with Gasteiger partial charge in [-0.25, -0.2) is 0 Å². The summed E-state index contributed by atoms with van der Waals surface area (Å²) in [4.78, 5) is 0. The first-order valence-corrected chi connectivity index (χ1v) is 7.90. The molecule has 2 rings (SSSR count). The van der Waals surface area contributed by atoms with Gasteiger partial charge in [-0.3, -0.25) is 0 Å². The molecule has 0 aliphatic heterocycles. The van der Waals surface area contributed by atoms with Gasteiger partial charge in [0, 0.05) is 6.54 Å². The van der Waals surface area contributed by atoms with Crippen LogP contribution < -0.4 is 5.32 Å². The van der Waals surface area contributed by atoms with Crippen LogP contribution in [0.3, 0.4) is 0 Å². The minimum absolute atomic E-state index is 0.682. The Morgan fingerprint density at radius 1 is 1.40 bits per heavy atom. The molecule has 2 saturated carbocycles. The standard InChI is InChI=1S/C13H25NS/c1-3-14-10-13(6-7-15-2)9-11-4-5-12(13)8-11/h11-12,14H,3-10H2,1-2H3. The molecular formula is C13H25NS. The van der Waals surface area contributed by atoms with E-state index in [-0.39, 0.29) is 0 Å². The van der Waals surface area contributed by atoms with Crippen LogP contribution in [-0.2, 0) is 0 Å². The summed E-state index contributed by atoms with van der Waals surface area (Å²) in [6.45, 7) is 4.65. The predicted molar refractivity (Wildman–Crippen MR) is 69.4 cm³/mol. The van der Waals surface area contributed by atoms with E-state index < -0.39 is 0 Å². The quantitative estimate of drug-likeness (QED) is 0.748. The van der Waals surface area contributed by atoms with E-state index in [1.165, 1.54) is 38.0 Å². The highest BCUT2D eigenvalue weighted by molar-refractivity contribution is 7.98. The van der Waals surface area contributed by atoms with Crippen molar-refractivity contribution in [1.29, 1.82) is 0 Å². The lowest BCUT2D eigenvalue weighted by Crippen LogP contribution is -2.39. The fraction of sp³-hybridized carbons (Fsp3) is 1.00. The van der Waals surface area contributed by atoms with Crippen LogP contribution in [0.1, 0.15) is 39.0 Å². The Kier molecular flexibility index (Phi) is 4.00. The van der Waals surface area contributed by atoms with Crippen molar-refractivity contribution in [1.82, 2.24) is 5.32 Å². The van der Waals surface area contributed by atoms with Gasteiger partial charge in [-0.05, 0) is 61.5 Å². The van der Waals surface area contributed by atoms with Gasteiger partial charge in [0.15, 0.2) is 0 Å². The molecule has 0 spiro atoms. The van der Waals surface area contributed by atoms with Gasteiger partial charge < -0.3 is 5.32 Å². The van der Waals surface area contributed by atoms with Crippen molar-refractivity contribution in [2.45, 2.75) is 39.0 Å². The van der Waals surface area contributed by atoms with Crippen LogP contribution in [0.15, 0.2) is 0 Å². The normalized spacial score (nSPS) is 38.8. The molecule has 0 saturated heterocycles. The number of nitrogens with one attached hydrogen (secondary N) is 1. The molecule has 2 fully saturated rings. The van der Waals surface area contributed by atoms with Gasteiger partial charge in [-0.15, -0.1) is 0 Å². The molecular weight excluding hydrogens is 202 g/mol. The van der Waals surface area contributed by atoms with Crippen LogP contribution in [-0.4, -0.2) is 25.1 Å². The van der Waals surface area contributed by atoms with Crippen LogP contribution in [0.2, 0.25) is 0 Å². The molecule has 1 nitrogen and oxygen atoms in total. The largest absolute Gasteiger partial charge is 0.316 e. The summed E-state index contributed by atoms with van der Waals surface area (Å²) in [7, 11) is 0. The van der Waals surface area contributed by atoms with E-state index in [9.17, 15) is 0 Å². The first-order chi connectivity index (χ1) is 7.30. The van der Waals surface area contributed by atoms with Crippen molar-refractivity contribution < 1.29 is 0 Å². The Morgan fingerprint density at radius 3 is 2.80 bits per heavy atom. The molecule has 1 N–H and O–H groups in total. The van der Waals surface area contributed by atoms with Gasteiger partial charge in [-0.2, -0.15) is 11.8 Å². The van der Waals surface area contributed by atoms with Crippen LogP contribution in [0.4, 0.5) is 0 Å². The fourth-order valence-electron chi connectivity index (χ4n) is 3.85. The molecule has 2 heteroatoms. The van der Waals surface area contributed by atoms with Crippen molar-refractivity contribution in [2.75, 3.05) is 25.1 Å². The van der Waals surface area contributed by atoms with Gasteiger partial charge in [0.25, 0.3) is 0 Å². The van der Waals surface area contributed by atoms with Crippen molar-refractivity contribution in [3.8, 4) is 0 Å².